The van der Waals surface area contributed by atoms with Crippen molar-refractivity contribution >= 4 is 136 Å². The van der Waals surface area contributed by atoms with Gasteiger partial charge in [-0.3, -0.25) is 105 Å². The molecule has 53 heteroatoms. The first kappa shape index (κ1) is 122. The third-order valence-electron chi connectivity index (χ3n) is 22.0. The fraction of sp³-hybridized carbons (Fsp3) is 0.729. The maximum Gasteiger partial charge on any atom is 0.326 e. The summed E-state index contributed by atoms with van der Waals surface area (Å²) in [6, 6.07) is -28.9. The van der Waals surface area contributed by atoms with Crippen LogP contribution in [0.1, 0.15) is 211 Å². The summed E-state index contributed by atoms with van der Waals surface area (Å²) >= 11 is 0. The number of likely N-dealkylation sites (tertiary alicyclic amines) is 2. The Balaban J connectivity index is 2.39. The number of primary amides is 1. The molecule has 0 unspecified atom stereocenters. The Morgan fingerprint density at radius 1 is 0.326 bits per heavy atom. The summed E-state index contributed by atoms with van der Waals surface area (Å²) in [7, 11) is 0. The minimum absolute atomic E-state index is 0.00195. The van der Waals surface area contributed by atoms with Crippen LogP contribution in [0.2, 0.25) is 0 Å². The van der Waals surface area contributed by atoms with E-state index in [4.69, 9.17) is 17.2 Å². The molecule has 0 spiro atoms. The molecule has 2 fully saturated rings. The highest BCUT2D eigenvalue weighted by atomic mass is 16.4. The zero-order valence-corrected chi connectivity index (χ0v) is 79.4. The van der Waals surface area contributed by atoms with Gasteiger partial charge >= 0.3 is 29.8 Å². The number of nitrogens with one attached hydrogen (secondary N) is 15. The van der Waals surface area contributed by atoms with Crippen LogP contribution in [0, 0.1) is 23.7 Å². The molecule has 2 heterocycles. The minimum atomic E-state index is -2.11. The molecule has 138 heavy (non-hydrogen) atoms. The number of unbranched alkanes of at least 4 members (excludes halogenated alkanes) is 1. The highest BCUT2D eigenvalue weighted by molar-refractivity contribution is 6.02. The lowest BCUT2D eigenvalue weighted by Gasteiger charge is -2.32. The number of hydrogen-bond acceptors (Lipinski definition) is 30. The number of carboxylic acid groups (broad SMARTS) is 5. The van der Waals surface area contributed by atoms with Crippen LogP contribution in [-0.2, 0) is 110 Å². The molecule has 0 aromatic carbocycles. The van der Waals surface area contributed by atoms with Gasteiger partial charge in [-0.15, -0.1) is 0 Å². The summed E-state index contributed by atoms with van der Waals surface area (Å²) in [5.41, 5.74) is 16.6. The Morgan fingerprint density at radius 3 is 0.986 bits per heavy atom. The van der Waals surface area contributed by atoms with E-state index in [1.54, 1.807) is 55.4 Å². The first-order valence-corrected chi connectivity index (χ1v) is 45.7. The van der Waals surface area contributed by atoms with Crippen LogP contribution in [0.25, 0.3) is 0 Å². The van der Waals surface area contributed by atoms with E-state index >= 15 is 0 Å². The van der Waals surface area contributed by atoms with Crippen molar-refractivity contribution in [3.63, 3.8) is 0 Å². The number of hydrogen-bond donors (Lipinski definition) is 28. The second-order valence-corrected chi connectivity index (χ2v) is 35.9. The maximum atomic E-state index is 14.5. The van der Waals surface area contributed by atoms with Crippen LogP contribution in [0.4, 0.5) is 0 Å². The highest BCUT2D eigenvalue weighted by Gasteiger charge is 2.46. The Morgan fingerprint density at radius 2 is 0.630 bits per heavy atom. The van der Waals surface area contributed by atoms with Crippen molar-refractivity contribution in [2.75, 3.05) is 39.4 Å². The van der Waals surface area contributed by atoms with Gasteiger partial charge in [0.1, 0.15) is 103 Å². The summed E-state index contributed by atoms with van der Waals surface area (Å²) in [5.74, 6) is -29.0. The molecule has 2 rings (SSSR count). The molecule has 20 atom stereocenters. The number of aliphatic hydroxyl groups is 5. The molecule has 0 aromatic rings. The van der Waals surface area contributed by atoms with Crippen LogP contribution in [0.5, 0.6) is 0 Å². The van der Waals surface area contributed by atoms with Gasteiger partial charge in [0.15, 0.2) is 0 Å². The molecular formula is C85H142N20O33. The number of rotatable bonds is 65. The van der Waals surface area contributed by atoms with Crippen molar-refractivity contribution in [1.82, 2.24) is 89.6 Å². The predicted molar refractivity (Wildman–Crippen MR) is 481 cm³/mol. The van der Waals surface area contributed by atoms with Crippen LogP contribution < -0.4 is 97.0 Å². The predicted octanol–water partition coefficient (Wildman–Crippen LogP) is -9.55. The first-order chi connectivity index (χ1) is 64.5. The van der Waals surface area contributed by atoms with E-state index in [0.29, 0.717) is 12.8 Å². The van der Waals surface area contributed by atoms with Crippen LogP contribution in [0.15, 0.2) is 0 Å². The average Bonchev–Trinajstić information content (AvgIpc) is 1.60. The van der Waals surface area contributed by atoms with Crippen LogP contribution in [0.3, 0.4) is 0 Å². The summed E-state index contributed by atoms with van der Waals surface area (Å²) in [5, 5.41) is 136. The maximum absolute atomic E-state index is 14.5. The average molecular weight is 1970 g/mol. The SMILES string of the molecule is CC(C)C[C@H](NC(=O)[C@@H]1CCCN1C(=O)[C@H](CCCCN)NC(=O)[C@H](CCC(=O)O)NC(=O)[C@H](CCC(=O)O)NC(=O)[C@@H](NC(=O)[C@H](CO)NC(=O)CNC(=O)[C@H](CC(C)C)NC(=O)[C@H](CC(C)C)NC(=O)[C@@H](NC(=O)[C@H](CCC(=O)O)NC(=O)[C@@H]1CCCN1C(=O)[C@@H](NC(=O)[C@H](CCC(=O)O)NC(=O)[C@H](CC(C)C)NC(=O)[C@H](CCC(N)=O)NC(=O)[C@@H](N)CO)[C@@H](C)O)[C@@H](C)O)[C@@H](C)O)C(=O)O. The topological polar surface area (TPSA) is 860 Å². The van der Waals surface area contributed by atoms with Crippen LogP contribution >= 0.6 is 0 Å². The largest absolute Gasteiger partial charge is 0.481 e. The number of nitrogens with two attached hydrogens (primary N) is 3. The van der Waals surface area contributed by atoms with Crippen molar-refractivity contribution in [2.45, 2.75) is 332 Å². The van der Waals surface area contributed by atoms with Gasteiger partial charge in [0.05, 0.1) is 38.1 Å². The minimum Gasteiger partial charge on any atom is -0.481 e. The Bertz CT molecular complexity index is 4210. The normalized spacial score (nSPS) is 17.5. The van der Waals surface area contributed by atoms with Crippen molar-refractivity contribution in [1.29, 1.82) is 0 Å². The lowest BCUT2D eigenvalue weighted by molar-refractivity contribution is -0.145. The molecule has 18 amide bonds. The summed E-state index contributed by atoms with van der Waals surface area (Å²) < 4.78 is 0. The van der Waals surface area contributed by atoms with Gasteiger partial charge in [-0.05, 0) is 154 Å². The molecule has 2 saturated heterocycles. The molecule has 780 valence electrons. The molecule has 0 bridgehead atoms. The lowest BCUT2D eigenvalue weighted by atomic mass is 9.99. The molecule has 0 saturated carbocycles. The molecule has 0 radical (unpaired) electrons. The van der Waals surface area contributed by atoms with Gasteiger partial charge in [0.2, 0.25) is 106 Å². The quantitative estimate of drug-likeness (QED) is 0.0251. The standard InChI is InChI=1S/C85H142N20O33/c1-39(2)32-53(70(122)89-36-61(112)90-57(38-107)78(130)102-66(43(9)108)81(133)95-49(21-26-63(115)116)71(123)92-48(20-25-62(113)114)72(124)96-52(16-12-13-29-86)83(135)104-30-14-17-58(104)80(132)100-56(85(137)138)35-42(7)8)97-77(129)55(34-41(5)6)99-82(134)67(44(10)109)101-74(126)51(23-28-65(119)120)94-79(131)59-18-15-31-105(59)84(136)68(45(11)110)103-75(127)50(22-27-64(117)118)93-76(128)54(33-40(3)4)98-73(125)47(19-24-60(88)111)91-69(121)46(87)37-106/h39-59,66-68,106-110H,12-38,86-87H2,1-11H3,(H2,88,111)(H,89,122)(H,90,112)(H,91,121)(H,92,123)(H,93,128)(H,94,131)(H,95,133)(H,96,124)(H,97,129)(H,98,125)(H,99,134)(H,100,132)(H,101,126)(H,102,130)(H,103,127)(H,113,114)(H,115,116)(H,117,118)(H,119,120)(H,137,138)/t43-,44-,45-,46+,47+,48+,49+,50+,51+,52+,53+,54+,55+,56+,57+,58+,59+,66+,67+,68+/m1/s1. The molecular weight excluding hydrogens is 1830 g/mol. The number of nitrogens with zero attached hydrogens (tertiary/aromatic N) is 2. The first-order valence-electron chi connectivity index (χ1n) is 45.7. The van der Waals surface area contributed by atoms with E-state index in [9.17, 15) is 161 Å². The van der Waals surface area contributed by atoms with Gasteiger partial charge < -0.3 is 158 Å². The number of amides is 18. The van der Waals surface area contributed by atoms with Gasteiger partial charge in [-0.25, -0.2) is 4.79 Å². The fourth-order valence-electron chi connectivity index (χ4n) is 14.7. The highest BCUT2D eigenvalue weighted by Crippen LogP contribution is 2.24. The third-order valence-corrected chi connectivity index (χ3v) is 22.0. The second kappa shape index (κ2) is 61.0. The van der Waals surface area contributed by atoms with Gasteiger partial charge in [0.25, 0.3) is 0 Å². The van der Waals surface area contributed by atoms with E-state index in [2.05, 4.69) is 79.8 Å². The van der Waals surface area contributed by atoms with E-state index in [1.807, 2.05) is 0 Å². The zero-order chi connectivity index (χ0) is 105. The third kappa shape index (κ3) is 43.5. The number of aliphatic hydroxyl groups excluding tert-OH is 5. The van der Waals surface area contributed by atoms with Gasteiger partial charge in [-0.1, -0.05) is 55.4 Å². The lowest BCUT2D eigenvalue weighted by Crippen LogP contribution is -2.62. The van der Waals surface area contributed by atoms with Crippen molar-refractivity contribution in [3.8, 4) is 0 Å². The summed E-state index contributed by atoms with van der Waals surface area (Å²) in [6.07, 6.45) is -12.3. The van der Waals surface area contributed by atoms with Crippen molar-refractivity contribution < 1.29 is 161 Å². The second-order valence-electron chi connectivity index (χ2n) is 35.9. The zero-order valence-electron chi connectivity index (χ0n) is 79.4. The number of carbonyl (C=O) groups is 23. The van der Waals surface area contributed by atoms with E-state index in [1.165, 1.54) is 0 Å². The van der Waals surface area contributed by atoms with E-state index in [0.717, 1.165) is 30.6 Å². The Hall–Kier alpha value is -12.5. The smallest absolute Gasteiger partial charge is 0.326 e. The monoisotopic (exact) mass is 1970 g/mol. The fourth-order valence-corrected chi connectivity index (χ4v) is 14.7. The molecule has 2 aliphatic rings. The van der Waals surface area contributed by atoms with E-state index < -0.39 is 353 Å². The molecule has 0 aliphatic carbocycles. The summed E-state index contributed by atoms with van der Waals surface area (Å²) in [6.45, 7) is 13.1. The molecule has 53 nitrogen and oxygen atoms in total. The number of aliphatic carboxylic acids is 5. The van der Waals surface area contributed by atoms with Crippen molar-refractivity contribution in [3.05, 3.63) is 0 Å². The van der Waals surface area contributed by atoms with Gasteiger partial charge in [-0.2, -0.15) is 0 Å². The van der Waals surface area contributed by atoms with Crippen LogP contribution in [-0.4, -0.2) is 357 Å². The Kier molecular flexibility index (Phi) is 53.7. The summed E-state index contributed by atoms with van der Waals surface area (Å²) in [4.78, 5) is 312. The number of carbonyl (C=O) groups excluding carboxylic acids is 18. The van der Waals surface area contributed by atoms with Crippen molar-refractivity contribution in [2.24, 2.45) is 40.9 Å². The van der Waals surface area contributed by atoms with E-state index in [-0.39, 0.29) is 89.3 Å². The van der Waals surface area contributed by atoms with Gasteiger partial charge in [0, 0.05) is 45.2 Å². The molecule has 31 N–H and O–H groups in total. The molecule has 0 aromatic heterocycles. The number of carboxylic acids is 5. The Labute approximate surface area is 796 Å². The molecule has 2 aliphatic heterocycles.